The van der Waals surface area contributed by atoms with E-state index in [1.165, 1.54) is 0 Å². The molecule has 0 aromatic rings. The Balaban J connectivity index is 2.49. The Kier molecular flexibility index (Phi) is 1.28. The van der Waals surface area contributed by atoms with Gasteiger partial charge in [-0.3, -0.25) is 0 Å². The highest BCUT2D eigenvalue weighted by Crippen LogP contribution is 2.06. The molecule has 0 saturated heterocycles. The smallest absolute Gasteiger partial charge is 0.207 e. The lowest BCUT2D eigenvalue weighted by atomic mass is 10.8. The second-order valence-electron chi connectivity index (χ2n) is 1.50. The van der Waals surface area contributed by atoms with Crippen LogP contribution in [-0.2, 0) is 4.74 Å². The van der Waals surface area contributed by atoms with E-state index in [0.29, 0.717) is 0 Å². The summed E-state index contributed by atoms with van der Waals surface area (Å²) in [6, 6.07) is 0. The molecular weight excluding hydrogens is 104 g/mol. The maximum atomic E-state index is 4.89. The molecule has 3 nitrogen and oxygen atoms in total. The Morgan fingerprint density at radius 1 is 1.88 bits per heavy atom. The first-order chi connectivity index (χ1) is 3.84. The summed E-state index contributed by atoms with van der Waals surface area (Å²) in [5.74, 6) is 0.782. The van der Waals surface area contributed by atoms with Gasteiger partial charge in [0.1, 0.15) is 0 Å². The van der Waals surface area contributed by atoms with E-state index in [1.54, 1.807) is 18.2 Å². The summed E-state index contributed by atoms with van der Waals surface area (Å²) < 4.78 is 4.89. The van der Waals surface area contributed by atoms with Crippen LogP contribution in [0.2, 0.25) is 0 Å². The SMILES string of the molecule is COC1=CN[C]N1C. The summed E-state index contributed by atoms with van der Waals surface area (Å²) in [5, 5.41) is 2.76. The molecule has 8 heavy (non-hydrogen) atoms. The lowest BCUT2D eigenvalue weighted by Gasteiger charge is -2.09. The number of nitrogens with one attached hydrogen (secondary N) is 1. The van der Waals surface area contributed by atoms with Crippen molar-refractivity contribution in [2.24, 2.45) is 0 Å². The van der Waals surface area contributed by atoms with E-state index in [2.05, 4.69) is 12.0 Å². The van der Waals surface area contributed by atoms with Gasteiger partial charge in [0, 0.05) is 7.05 Å². The van der Waals surface area contributed by atoms with Gasteiger partial charge in [0.2, 0.25) is 12.6 Å². The van der Waals surface area contributed by atoms with E-state index in [9.17, 15) is 0 Å². The third kappa shape index (κ3) is 0.710. The first-order valence-corrected chi connectivity index (χ1v) is 2.33. The van der Waals surface area contributed by atoms with Gasteiger partial charge in [-0.05, 0) is 0 Å². The lowest BCUT2D eigenvalue weighted by molar-refractivity contribution is 0.205. The maximum Gasteiger partial charge on any atom is 0.207 e. The van der Waals surface area contributed by atoms with Gasteiger partial charge in [-0.2, -0.15) is 0 Å². The van der Waals surface area contributed by atoms with Crippen LogP contribution < -0.4 is 5.32 Å². The number of ether oxygens (including phenoxy) is 1. The van der Waals surface area contributed by atoms with Gasteiger partial charge in [0.15, 0.2) is 0 Å². The van der Waals surface area contributed by atoms with E-state index in [0.717, 1.165) is 5.88 Å². The molecule has 1 aliphatic heterocycles. The largest absolute Gasteiger partial charge is 0.481 e. The van der Waals surface area contributed by atoms with Gasteiger partial charge >= 0.3 is 0 Å². The zero-order valence-electron chi connectivity index (χ0n) is 4.93. The summed E-state index contributed by atoms with van der Waals surface area (Å²) in [6.07, 6.45) is 1.74. The third-order valence-electron chi connectivity index (χ3n) is 0.968. The molecule has 1 aliphatic rings. The molecule has 1 N–H and O–H groups in total. The second-order valence-corrected chi connectivity index (χ2v) is 1.50. The first kappa shape index (κ1) is 5.28. The first-order valence-electron chi connectivity index (χ1n) is 2.33. The molecule has 3 heteroatoms. The molecule has 0 fully saturated rings. The summed E-state index contributed by atoms with van der Waals surface area (Å²) in [7, 11) is 3.48. The zero-order chi connectivity index (χ0) is 5.98. The van der Waals surface area contributed by atoms with Crippen molar-refractivity contribution in [3.05, 3.63) is 18.8 Å². The van der Waals surface area contributed by atoms with Gasteiger partial charge < -0.3 is 15.0 Å². The summed E-state index contributed by atoms with van der Waals surface area (Å²) in [6.45, 7) is 2.79. The minimum Gasteiger partial charge on any atom is -0.481 e. The molecule has 2 radical (unpaired) electrons. The van der Waals surface area contributed by atoms with Gasteiger partial charge in [-0.15, -0.1) is 0 Å². The molecule has 0 spiro atoms. The van der Waals surface area contributed by atoms with Crippen LogP contribution in [0.4, 0.5) is 0 Å². The van der Waals surface area contributed by atoms with Crippen molar-refractivity contribution in [2.45, 2.75) is 0 Å². The van der Waals surface area contributed by atoms with E-state index < -0.39 is 0 Å². The van der Waals surface area contributed by atoms with Crippen molar-refractivity contribution in [3.63, 3.8) is 0 Å². The fourth-order valence-electron chi connectivity index (χ4n) is 0.539. The minimum atomic E-state index is 0.782. The fourth-order valence-corrected chi connectivity index (χ4v) is 0.539. The number of methoxy groups -OCH3 is 1. The predicted octanol–water partition coefficient (Wildman–Crippen LogP) is -0.0370. The average Bonchev–Trinajstić information content (AvgIpc) is 2.14. The van der Waals surface area contributed by atoms with Crippen molar-refractivity contribution < 1.29 is 4.74 Å². The molecule has 0 aromatic heterocycles. The molecule has 0 bridgehead atoms. The molecule has 0 amide bonds. The quantitative estimate of drug-likeness (QED) is 0.515. The monoisotopic (exact) mass is 112 g/mol. The minimum absolute atomic E-state index is 0.782. The molecule has 1 rings (SSSR count). The van der Waals surface area contributed by atoms with Crippen molar-refractivity contribution in [2.75, 3.05) is 14.2 Å². The van der Waals surface area contributed by atoms with Crippen molar-refractivity contribution >= 4 is 0 Å². The highest BCUT2D eigenvalue weighted by atomic mass is 16.5. The number of hydrogen-bond donors (Lipinski definition) is 1. The maximum absolute atomic E-state index is 4.89. The Morgan fingerprint density at radius 3 is 2.88 bits per heavy atom. The Bertz CT molecular complexity index is 111. The summed E-state index contributed by atoms with van der Waals surface area (Å²) in [5.41, 5.74) is 0. The molecule has 44 valence electrons. The Hall–Kier alpha value is -0.860. The molecule has 1 heterocycles. The number of nitrogens with zero attached hydrogens (tertiary/aromatic N) is 1. The van der Waals surface area contributed by atoms with Gasteiger partial charge in [0.05, 0.1) is 13.3 Å². The highest BCUT2D eigenvalue weighted by Gasteiger charge is 2.09. The number of hydrogen-bond acceptors (Lipinski definition) is 3. The van der Waals surface area contributed by atoms with Crippen molar-refractivity contribution in [1.82, 2.24) is 10.2 Å². The number of rotatable bonds is 1. The molecule has 0 unspecified atom stereocenters. The summed E-state index contributed by atoms with van der Waals surface area (Å²) >= 11 is 0. The van der Waals surface area contributed by atoms with Crippen LogP contribution in [-0.4, -0.2) is 19.1 Å². The van der Waals surface area contributed by atoms with Gasteiger partial charge in [0.25, 0.3) is 0 Å². The van der Waals surface area contributed by atoms with Crippen LogP contribution in [0.1, 0.15) is 0 Å². The Morgan fingerprint density at radius 2 is 2.62 bits per heavy atom. The van der Waals surface area contributed by atoms with E-state index in [-0.39, 0.29) is 0 Å². The van der Waals surface area contributed by atoms with Crippen LogP contribution in [0.3, 0.4) is 0 Å². The predicted molar refractivity (Wildman–Crippen MR) is 29.2 cm³/mol. The van der Waals surface area contributed by atoms with Crippen LogP contribution in [0, 0.1) is 6.67 Å². The van der Waals surface area contributed by atoms with E-state index >= 15 is 0 Å². The zero-order valence-corrected chi connectivity index (χ0v) is 4.93. The normalized spacial score (nSPS) is 17.8. The van der Waals surface area contributed by atoms with Gasteiger partial charge in [-0.25, -0.2) is 0 Å². The summed E-state index contributed by atoms with van der Waals surface area (Å²) in [4.78, 5) is 1.74. The lowest BCUT2D eigenvalue weighted by Crippen LogP contribution is -2.12. The van der Waals surface area contributed by atoms with Crippen LogP contribution >= 0.6 is 0 Å². The molecule has 0 aliphatic carbocycles. The second kappa shape index (κ2) is 1.94. The van der Waals surface area contributed by atoms with E-state index in [1.807, 2.05) is 7.05 Å². The van der Waals surface area contributed by atoms with Crippen LogP contribution in [0.5, 0.6) is 0 Å². The fraction of sp³-hybridized carbons (Fsp3) is 0.400. The molecule has 0 atom stereocenters. The molecule has 0 saturated carbocycles. The molecular formula is C5H8N2O. The Labute approximate surface area is 48.9 Å². The highest BCUT2D eigenvalue weighted by molar-refractivity contribution is 5.00. The van der Waals surface area contributed by atoms with E-state index in [4.69, 9.17) is 4.74 Å². The van der Waals surface area contributed by atoms with Crippen molar-refractivity contribution in [3.8, 4) is 0 Å². The van der Waals surface area contributed by atoms with Crippen LogP contribution in [0.15, 0.2) is 12.1 Å². The third-order valence-corrected chi connectivity index (χ3v) is 0.968. The van der Waals surface area contributed by atoms with Gasteiger partial charge in [-0.1, -0.05) is 0 Å². The standard InChI is InChI=1S/C5H8N2O/c1-7-4-6-3-5(7)8-2/h3,6H,1-2H3. The van der Waals surface area contributed by atoms with Crippen LogP contribution in [0.25, 0.3) is 0 Å². The topological polar surface area (TPSA) is 24.5 Å². The van der Waals surface area contributed by atoms with Crippen molar-refractivity contribution in [1.29, 1.82) is 0 Å². The average molecular weight is 112 g/mol. The molecule has 0 aromatic carbocycles.